The number of phosphoric acid groups is 1. The maximum atomic E-state index is 11.8. The Morgan fingerprint density at radius 2 is 2.08 bits per heavy atom. The van der Waals surface area contributed by atoms with Crippen molar-refractivity contribution in [2.75, 3.05) is 27.4 Å². The van der Waals surface area contributed by atoms with Crippen LogP contribution >= 0.6 is 7.82 Å². The molecule has 4 N–H and O–H groups in total. The standard InChI is InChI=1S/C13H21N2O8P/c1-20-24(19,21-2)22-7-9-10(16)11(17)13(23-9)15-5-3-4-8(6-15)12(14)18/h3-5,9-11,13,16-17H,6-7H2,1-2H3,(H2,14,18)/t9-,10-,11-,13-/m1/s1. The largest absolute Gasteiger partial charge is 0.474 e. The summed E-state index contributed by atoms with van der Waals surface area (Å²) in [4.78, 5) is 12.8. The lowest BCUT2D eigenvalue weighted by molar-refractivity contribution is -0.115. The number of hydrogen-bond acceptors (Lipinski definition) is 9. The van der Waals surface area contributed by atoms with E-state index in [2.05, 4.69) is 9.05 Å². The lowest BCUT2D eigenvalue weighted by Gasteiger charge is -2.31. The average molecular weight is 364 g/mol. The van der Waals surface area contributed by atoms with E-state index in [1.807, 2.05) is 0 Å². The minimum absolute atomic E-state index is 0.127. The molecule has 0 saturated carbocycles. The van der Waals surface area contributed by atoms with Gasteiger partial charge in [0.25, 0.3) is 0 Å². The second kappa shape index (κ2) is 7.75. The van der Waals surface area contributed by atoms with Crippen molar-refractivity contribution in [2.45, 2.75) is 24.5 Å². The maximum Gasteiger partial charge on any atom is 0.474 e. The van der Waals surface area contributed by atoms with Gasteiger partial charge in [-0.15, -0.1) is 0 Å². The number of rotatable bonds is 7. The van der Waals surface area contributed by atoms with E-state index in [0.29, 0.717) is 5.57 Å². The molecule has 4 atom stereocenters. The molecule has 2 rings (SSSR count). The van der Waals surface area contributed by atoms with E-state index < -0.39 is 38.3 Å². The molecule has 0 aromatic carbocycles. The van der Waals surface area contributed by atoms with E-state index in [9.17, 15) is 19.6 Å². The summed E-state index contributed by atoms with van der Waals surface area (Å²) in [5.41, 5.74) is 5.58. The molecule has 11 heteroatoms. The van der Waals surface area contributed by atoms with Crippen molar-refractivity contribution in [1.29, 1.82) is 0 Å². The number of aliphatic hydroxyl groups is 2. The van der Waals surface area contributed by atoms with Gasteiger partial charge >= 0.3 is 7.82 Å². The van der Waals surface area contributed by atoms with Gasteiger partial charge < -0.3 is 25.6 Å². The molecule has 0 aromatic rings. The first kappa shape index (κ1) is 19.1. The molecular weight excluding hydrogens is 343 g/mol. The third-order valence-electron chi connectivity index (χ3n) is 3.75. The summed E-state index contributed by atoms with van der Waals surface area (Å²) < 4.78 is 31.7. The molecule has 2 aliphatic rings. The highest BCUT2D eigenvalue weighted by atomic mass is 31.2. The van der Waals surface area contributed by atoms with Crippen molar-refractivity contribution in [3.8, 4) is 0 Å². The molecule has 2 heterocycles. The second-order valence-corrected chi connectivity index (χ2v) is 7.11. The quantitative estimate of drug-likeness (QED) is 0.490. The van der Waals surface area contributed by atoms with Crippen LogP contribution in [0.5, 0.6) is 0 Å². The minimum atomic E-state index is -3.73. The van der Waals surface area contributed by atoms with Crippen molar-refractivity contribution < 1.29 is 37.9 Å². The normalized spacial score (nSPS) is 30.5. The molecule has 0 bridgehead atoms. The molecule has 0 spiro atoms. The van der Waals surface area contributed by atoms with Crippen molar-refractivity contribution in [3.63, 3.8) is 0 Å². The van der Waals surface area contributed by atoms with E-state index >= 15 is 0 Å². The smallest absolute Gasteiger partial charge is 0.387 e. The van der Waals surface area contributed by atoms with E-state index in [-0.39, 0.29) is 13.2 Å². The Hall–Kier alpha value is -1.26. The molecule has 10 nitrogen and oxygen atoms in total. The van der Waals surface area contributed by atoms with Crippen LogP contribution in [0.1, 0.15) is 0 Å². The molecule has 24 heavy (non-hydrogen) atoms. The first-order valence-electron chi connectivity index (χ1n) is 7.12. The fourth-order valence-corrected chi connectivity index (χ4v) is 3.08. The molecule has 1 fully saturated rings. The summed E-state index contributed by atoms with van der Waals surface area (Å²) in [5.74, 6) is -0.585. The maximum absolute atomic E-state index is 11.8. The Kier molecular flexibility index (Phi) is 6.16. The third kappa shape index (κ3) is 4.04. The van der Waals surface area contributed by atoms with Crippen molar-refractivity contribution in [1.82, 2.24) is 4.90 Å². The van der Waals surface area contributed by atoms with Crippen molar-refractivity contribution >= 4 is 13.7 Å². The first-order valence-corrected chi connectivity index (χ1v) is 8.58. The van der Waals surface area contributed by atoms with Crippen LogP contribution in [0.4, 0.5) is 0 Å². The Labute approximate surface area is 139 Å². The van der Waals surface area contributed by atoms with Crippen molar-refractivity contribution in [3.05, 3.63) is 23.9 Å². The number of primary amides is 1. The fraction of sp³-hybridized carbons (Fsp3) is 0.615. The first-order chi connectivity index (χ1) is 11.3. The second-order valence-electron chi connectivity index (χ2n) is 5.22. The predicted octanol–water partition coefficient (Wildman–Crippen LogP) is -0.908. The number of nitrogens with zero attached hydrogens (tertiary/aromatic N) is 1. The van der Waals surface area contributed by atoms with Gasteiger partial charge in [0.05, 0.1) is 13.2 Å². The predicted molar refractivity (Wildman–Crippen MR) is 81.4 cm³/mol. The monoisotopic (exact) mass is 364 g/mol. The number of amides is 1. The molecule has 0 unspecified atom stereocenters. The molecule has 0 aromatic heterocycles. The summed E-state index contributed by atoms with van der Waals surface area (Å²) in [6, 6.07) is 0. The lowest BCUT2D eigenvalue weighted by Crippen LogP contribution is -2.43. The average Bonchev–Trinajstić information content (AvgIpc) is 2.88. The van der Waals surface area contributed by atoms with Crippen LogP contribution in [0.3, 0.4) is 0 Å². The number of phosphoric ester groups is 1. The topological polar surface area (TPSA) is 141 Å². The fourth-order valence-electron chi connectivity index (χ4n) is 2.39. The van der Waals surface area contributed by atoms with Crippen LogP contribution in [0, 0.1) is 0 Å². The number of ether oxygens (including phenoxy) is 1. The van der Waals surface area contributed by atoms with Gasteiger partial charge in [-0.25, -0.2) is 4.57 Å². The van der Waals surface area contributed by atoms with E-state index in [1.54, 1.807) is 18.4 Å². The van der Waals surface area contributed by atoms with Crippen LogP contribution in [0.25, 0.3) is 0 Å². The third-order valence-corrected chi connectivity index (χ3v) is 5.11. The van der Waals surface area contributed by atoms with E-state index in [4.69, 9.17) is 15.0 Å². The van der Waals surface area contributed by atoms with Crippen LogP contribution < -0.4 is 5.73 Å². The summed E-state index contributed by atoms with van der Waals surface area (Å²) in [5, 5.41) is 20.3. The van der Waals surface area contributed by atoms with Crippen LogP contribution in [0.15, 0.2) is 23.9 Å². The van der Waals surface area contributed by atoms with Gasteiger partial charge in [0, 0.05) is 26.0 Å². The highest BCUT2D eigenvalue weighted by Gasteiger charge is 2.46. The molecule has 1 amide bonds. The van der Waals surface area contributed by atoms with E-state index in [1.165, 1.54) is 4.90 Å². The number of aliphatic hydroxyl groups excluding tert-OH is 2. The number of carbonyl (C=O) groups excluding carboxylic acids is 1. The van der Waals surface area contributed by atoms with Gasteiger partial charge in [-0.3, -0.25) is 18.4 Å². The van der Waals surface area contributed by atoms with Gasteiger partial charge in [-0.05, 0) is 6.08 Å². The molecule has 136 valence electrons. The number of carbonyl (C=O) groups is 1. The van der Waals surface area contributed by atoms with Gasteiger partial charge in [0.15, 0.2) is 6.23 Å². The summed E-state index contributed by atoms with van der Waals surface area (Å²) in [6.07, 6.45) is 0.321. The summed E-state index contributed by atoms with van der Waals surface area (Å²) in [6.45, 7) is -0.188. The van der Waals surface area contributed by atoms with Crippen LogP contribution in [0.2, 0.25) is 0 Å². The Bertz CT molecular complexity index is 572. The summed E-state index contributed by atoms with van der Waals surface area (Å²) in [7, 11) is -1.41. The van der Waals surface area contributed by atoms with Crippen LogP contribution in [-0.2, 0) is 27.7 Å². The highest BCUT2D eigenvalue weighted by molar-refractivity contribution is 7.48. The van der Waals surface area contributed by atoms with Gasteiger partial charge in [0.2, 0.25) is 5.91 Å². The number of nitrogens with two attached hydrogens (primary N) is 1. The van der Waals surface area contributed by atoms with Crippen molar-refractivity contribution in [2.24, 2.45) is 5.73 Å². The highest BCUT2D eigenvalue weighted by Crippen LogP contribution is 2.48. The Morgan fingerprint density at radius 1 is 1.42 bits per heavy atom. The Morgan fingerprint density at radius 3 is 2.67 bits per heavy atom. The SMILES string of the molecule is COP(=O)(OC)OC[C@H]1O[C@@H](N2C=CC=C(C(N)=O)C2)[C@H](O)[C@@H]1O. The van der Waals surface area contributed by atoms with Gasteiger partial charge in [-0.2, -0.15) is 0 Å². The van der Waals surface area contributed by atoms with Gasteiger partial charge in [0.1, 0.15) is 18.3 Å². The number of allylic oxidation sites excluding steroid dienone is 2. The molecule has 0 radical (unpaired) electrons. The molecule has 1 saturated heterocycles. The van der Waals surface area contributed by atoms with Crippen LogP contribution in [-0.4, -0.2) is 72.9 Å². The zero-order chi connectivity index (χ0) is 17.9. The molecular formula is C13H21N2O8P. The molecule has 0 aliphatic carbocycles. The van der Waals surface area contributed by atoms with E-state index in [0.717, 1.165) is 14.2 Å². The number of hydrogen-bond donors (Lipinski definition) is 3. The lowest BCUT2D eigenvalue weighted by atomic mass is 10.1. The minimum Gasteiger partial charge on any atom is -0.387 e. The zero-order valence-corrected chi connectivity index (χ0v) is 14.2. The Balaban J connectivity index is 2.00. The molecule has 2 aliphatic heterocycles. The zero-order valence-electron chi connectivity index (χ0n) is 13.3. The summed E-state index contributed by atoms with van der Waals surface area (Å²) >= 11 is 0. The van der Waals surface area contributed by atoms with Gasteiger partial charge in [-0.1, -0.05) is 6.08 Å².